The van der Waals surface area contributed by atoms with Gasteiger partial charge >= 0.3 is 0 Å². The van der Waals surface area contributed by atoms with Crippen molar-refractivity contribution < 1.29 is 17.9 Å². The van der Waals surface area contributed by atoms with Crippen LogP contribution in [0.4, 0.5) is 5.69 Å². The lowest BCUT2D eigenvalue weighted by Gasteiger charge is -2.38. The second kappa shape index (κ2) is 7.93. The van der Waals surface area contributed by atoms with Gasteiger partial charge in [-0.3, -0.25) is 19.4 Å². The highest BCUT2D eigenvalue weighted by atomic mass is 32.2. The molecule has 11 heteroatoms. The van der Waals surface area contributed by atoms with Crippen molar-refractivity contribution in [2.45, 2.75) is 49.2 Å². The number of hydrogen-bond donors (Lipinski definition) is 1. The number of carbonyl (C=O) groups excluding carboxylic acids is 1. The molecule has 1 fully saturated rings. The summed E-state index contributed by atoms with van der Waals surface area (Å²) in [5.41, 5.74) is 1.50. The molecule has 1 unspecified atom stereocenters. The first kappa shape index (κ1) is 22.1. The van der Waals surface area contributed by atoms with Gasteiger partial charge in [0.15, 0.2) is 0 Å². The van der Waals surface area contributed by atoms with Crippen LogP contribution < -0.4 is 9.62 Å². The quantitative estimate of drug-likeness (QED) is 0.624. The first-order chi connectivity index (χ1) is 15.7. The van der Waals surface area contributed by atoms with Crippen LogP contribution in [0.3, 0.4) is 0 Å². The Morgan fingerprint density at radius 2 is 2.09 bits per heavy atom. The lowest BCUT2D eigenvalue weighted by molar-refractivity contribution is 0.0832. The molecule has 33 heavy (non-hydrogen) atoms. The van der Waals surface area contributed by atoms with E-state index < -0.39 is 15.6 Å². The van der Waals surface area contributed by atoms with Crippen molar-refractivity contribution in [2.24, 2.45) is 12.0 Å². The predicted octanol–water partition coefficient (Wildman–Crippen LogP) is 1.49. The van der Waals surface area contributed by atoms with Crippen molar-refractivity contribution in [1.29, 1.82) is 0 Å². The summed E-state index contributed by atoms with van der Waals surface area (Å²) in [7, 11) is -0.261. The minimum Gasteiger partial charge on any atom is -0.385 e. The summed E-state index contributed by atoms with van der Waals surface area (Å²) >= 11 is 0. The van der Waals surface area contributed by atoms with Crippen molar-refractivity contribution >= 4 is 27.6 Å². The average Bonchev–Trinajstić information content (AvgIpc) is 3.15. The molecule has 176 valence electrons. The third-order valence-electron chi connectivity index (χ3n) is 6.41. The van der Waals surface area contributed by atoms with Crippen molar-refractivity contribution in [3.63, 3.8) is 0 Å². The topological polar surface area (TPSA) is 109 Å². The average molecular weight is 473 g/mol. The van der Waals surface area contributed by atoms with Crippen molar-refractivity contribution in [3.8, 4) is 0 Å². The summed E-state index contributed by atoms with van der Waals surface area (Å²) in [6, 6.07) is 4.80. The molecule has 2 aromatic rings. The van der Waals surface area contributed by atoms with E-state index in [1.54, 1.807) is 35.0 Å². The molecule has 10 nitrogen and oxygen atoms in total. The van der Waals surface area contributed by atoms with Crippen LogP contribution in [0, 0.1) is 0 Å². The number of methoxy groups -OCH3 is 1. The SMILES string of the molecule is COCCC1CN=C2N(Cc3cnn(C)c3)C(=O)c3cc(S(=O)(=O)NC4(C)CC4)ccc3N21. The number of guanidine groups is 1. The van der Waals surface area contributed by atoms with E-state index in [9.17, 15) is 13.2 Å². The van der Waals surface area contributed by atoms with Crippen molar-refractivity contribution in [3.05, 3.63) is 41.7 Å². The van der Waals surface area contributed by atoms with E-state index in [0.717, 1.165) is 24.8 Å². The molecule has 1 N–H and O–H groups in total. The highest BCUT2D eigenvalue weighted by molar-refractivity contribution is 7.89. The van der Waals surface area contributed by atoms with Crippen LogP contribution in [0.2, 0.25) is 0 Å². The number of aliphatic imine (C=N–C) groups is 1. The van der Waals surface area contributed by atoms with Crippen molar-refractivity contribution in [2.75, 3.05) is 25.2 Å². The number of anilines is 1. The van der Waals surface area contributed by atoms with E-state index in [2.05, 4.69) is 14.8 Å². The van der Waals surface area contributed by atoms with Crippen LogP contribution in [-0.4, -0.2) is 66.8 Å². The fraction of sp³-hybridized carbons (Fsp3) is 0.500. The van der Waals surface area contributed by atoms with E-state index in [4.69, 9.17) is 4.74 Å². The maximum Gasteiger partial charge on any atom is 0.263 e. The van der Waals surface area contributed by atoms with Gasteiger partial charge in [-0.15, -0.1) is 0 Å². The first-order valence-electron chi connectivity index (χ1n) is 11.0. The van der Waals surface area contributed by atoms with Gasteiger partial charge in [0.2, 0.25) is 16.0 Å². The van der Waals surface area contributed by atoms with Gasteiger partial charge < -0.3 is 9.64 Å². The molecule has 3 heterocycles. The van der Waals surface area contributed by atoms with Gasteiger partial charge in [-0.25, -0.2) is 13.1 Å². The Kier molecular flexibility index (Phi) is 5.30. The number of ether oxygens (including phenoxy) is 1. The molecular formula is C22H28N6O4S. The van der Waals surface area contributed by atoms with Crippen LogP contribution >= 0.6 is 0 Å². The second-order valence-electron chi connectivity index (χ2n) is 9.20. The molecule has 0 radical (unpaired) electrons. The zero-order valence-electron chi connectivity index (χ0n) is 19.0. The summed E-state index contributed by atoms with van der Waals surface area (Å²) in [5.74, 6) is 0.308. The van der Waals surface area contributed by atoms with Gasteiger partial charge in [-0.05, 0) is 44.4 Å². The highest BCUT2D eigenvalue weighted by Crippen LogP contribution is 2.38. The minimum atomic E-state index is -3.74. The molecule has 2 aliphatic heterocycles. The van der Waals surface area contributed by atoms with Gasteiger partial charge in [0.05, 0.1) is 41.5 Å². The molecule has 1 amide bonds. The normalized spacial score (nSPS) is 21.1. The molecule has 1 aromatic heterocycles. The van der Waals surface area contributed by atoms with Gasteiger partial charge in [-0.1, -0.05) is 0 Å². The Morgan fingerprint density at radius 3 is 2.76 bits per heavy atom. The summed E-state index contributed by atoms with van der Waals surface area (Å²) in [6.07, 6.45) is 5.92. The number of aromatic nitrogens is 2. The fourth-order valence-electron chi connectivity index (χ4n) is 4.35. The van der Waals surface area contributed by atoms with Crippen LogP contribution in [0.25, 0.3) is 0 Å². The van der Waals surface area contributed by atoms with Gasteiger partial charge in [-0.2, -0.15) is 5.10 Å². The smallest absolute Gasteiger partial charge is 0.263 e. The Hall–Kier alpha value is -2.76. The van der Waals surface area contributed by atoms with E-state index in [0.29, 0.717) is 36.9 Å². The van der Waals surface area contributed by atoms with Crippen LogP contribution in [0.5, 0.6) is 0 Å². The van der Waals surface area contributed by atoms with E-state index in [1.807, 2.05) is 25.1 Å². The molecule has 1 aromatic carbocycles. The molecule has 0 spiro atoms. The fourth-order valence-corrected chi connectivity index (χ4v) is 5.84. The number of nitrogens with one attached hydrogen (secondary N) is 1. The standard InChI is InChI=1S/C22H28N6O4S/c1-22(7-8-22)25-33(30,31)17-4-5-19-18(10-17)20(29)27(14-15-11-24-26(2)13-15)21-23-12-16(28(19)21)6-9-32-3/h4-5,10-11,13,16,25H,6-9,12,14H2,1-3H3. The number of nitrogens with zero attached hydrogens (tertiary/aromatic N) is 5. The predicted molar refractivity (Wildman–Crippen MR) is 123 cm³/mol. The first-order valence-corrected chi connectivity index (χ1v) is 12.5. The van der Waals surface area contributed by atoms with Gasteiger partial charge in [0.1, 0.15) is 0 Å². The molecule has 1 atom stereocenters. The second-order valence-corrected chi connectivity index (χ2v) is 10.9. The van der Waals surface area contributed by atoms with Gasteiger partial charge in [0.25, 0.3) is 5.91 Å². The van der Waals surface area contributed by atoms with Crippen LogP contribution in [0.15, 0.2) is 40.5 Å². The Bertz CT molecular complexity index is 1230. The molecule has 5 rings (SSSR count). The highest BCUT2D eigenvalue weighted by Gasteiger charge is 2.44. The van der Waals surface area contributed by atoms with E-state index in [1.165, 1.54) is 6.07 Å². The Morgan fingerprint density at radius 1 is 1.30 bits per heavy atom. The van der Waals surface area contributed by atoms with Crippen LogP contribution in [0.1, 0.15) is 42.1 Å². The van der Waals surface area contributed by atoms with E-state index in [-0.39, 0.29) is 16.8 Å². The zero-order valence-corrected chi connectivity index (χ0v) is 19.8. The number of sulfonamides is 1. The largest absolute Gasteiger partial charge is 0.385 e. The summed E-state index contributed by atoms with van der Waals surface area (Å²) in [4.78, 5) is 22.1. The third kappa shape index (κ3) is 4.04. The molecule has 0 bridgehead atoms. The Balaban J connectivity index is 1.54. The number of aryl methyl sites for hydroxylation is 1. The molecule has 0 saturated heterocycles. The molecule has 3 aliphatic rings. The lowest BCUT2D eigenvalue weighted by Crippen LogP contribution is -2.52. The minimum absolute atomic E-state index is 0.0224. The van der Waals surface area contributed by atoms with Gasteiger partial charge in [0, 0.05) is 38.1 Å². The number of fused-ring (bicyclic) bond motifs is 3. The van der Waals surface area contributed by atoms with E-state index >= 15 is 0 Å². The number of hydrogen-bond acceptors (Lipinski definition) is 7. The maximum absolute atomic E-state index is 13.6. The number of amides is 1. The third-order valence-corrected chi connectivity index (χ3v) is 8.05. The number of benzene rings is 1. The summed E-state index contributed by atoms with van der Waals surface area (Å²) < 4.78 is 35.7. The van der Waals surface area contributed by atoms with Crippen LogP contribution in [-0.2, 0) is 28.4 Å². The molecule has 1 aliphatic carbocycles. The molecular weight excluding hydrogens is 444 g/mol. The Labute approximate surface area is 193 Å². The summed E-state index contributed by atoms with van der Waals surface area (Å²) in [6.45, 7) is 3.28. The summed E-state index contributed by atoms with van der Waals surface area (Å²) in [5, 5.41) is 4.20. The lowest BCUT2D eigenvalue weighted by atomic mass is 10.0. The monoisotopic (exact) mass is 472 g/mol. The molecule has 1 saturated carbocycles. The zero-order chi connectivity index (χ0) is 23.4. The maximum atomic E-state index is 13.6. The van der Waals surface area contributed by atoms with Crippen molar-refractivity contribution in [1.82, 2.24) is 19.4 Å². The number of rotatable bonds is 8. The number of carbonyl (C=O) groups is 1.